The maximum Gasteiger partial charge on any atom is 0.273 e. The SMILES string of the molecule is COc1cc([N+](=O)[O-])ccc1NC(=O)c1ccc2ncsc2c1. The number of ether oxygens (including phenoxy) is 1. The van der Waals surface area contributed by atoms with Gasteiger partial charge in [0, 0.05) is 11.6 Å². The first-order valence-electron chi connectivity index (χ1n) is 6.55. The van der Waals surface area contributed by atoms with E-state index in [1.54, 1.807) is 23.7 Å². The Hall–Kier alpha value is -3.00. The van der Waals surface area contributed by atoms with Crippen molar-refractivity contribution in [1.29, 1.82) is 0 Å². The Labute approximate surface area is 134 Å². The summed E-state index contributed by atoms with van der Waals surface area (Å²) in [7, 11) is 1.39. The normalized spacial score (nSPS) is 10.5. The van der Waals surface area contributed by atoms with E-state index in [1.165, 1.54) is 36.6 Å². The highest BCUT2D eigenvalue weighted by Crippen LogP contribution is 2.29. The molecule has 0 atom stereocenters. The number of thiazole rings is 1. The minimum Gasteiger partial charge on any atom is -0.494 e. The smallest absolute Gasteiger partial charge is 0.273 e. The minimum absolute atomic E-state index is 0.106. The van der Waals surface area contributed by atoms with Gasteiger partial charge in [0.25, 0.3) is 11.6 Å². The number of nitro benzene ring substituents is 1. The van der Waals surface area contributed by atoms with Crippen molar-refractivity contribution < 1.29 is 14.5 Å². The van der Waals surface area contributed by atoms with Crippen molar-refractivity contribution in [2.75, 3.05) is 12.4 Å². The number of fused-ring (bicyclic) bond motifs is 1. The lowest BCUT2D eigenvalue weighted by Crippen LogP contribution is -2.12. The van der Waals surface area contributed by atoms with Crippen LogP contribution in [0.5, 0.6) is 5.75 Å². The van der Waals surface area contributed by atoms with Crippen LogP contribution in [0.2, 0.25) is 0 Å². The van der Waals surface area contributed by atoms with Gasteiger partial charge >= 0.3 is 0 Å². The predicted octanol–water partition coefficient (Wildman–Crippen LogP) is 3.47. The third kappa shape index (κ3) is 2.97. The number of amides is 1. The van der Waals surface area contributed by atoms with E-state index in [0.717, 1.165) is 10.2 Å². The van der Waals surface area contributed by atoms with Crippen molar-refractivity contribution in [2.24, 2.45) is 0 Å². The van der Waals surface area contributed by atoms with Crippen LogP contribution in [-0.2, 0) is 0 Å². The van der Waals surface area contributed by atoms with Crippen molar-refractivity contribution in [3.63, 3.8) is 0 Å². The molecule has 0 saturated heterocycles. The van der Waals surface area contributed by atoms with Crippen LogP contribution >= 0.6 is 11.3 Å². The van der Waals surface area contributed by atoms with Crippen molar-refractivity contribution in [1.82, 2.24) is 4.98 Å². The molecule has 116 valence electrons. The van der Waals surface area contributed by atoms with E-state index in [4.69, 9.17) is 4.74 Å². The van der Waals surface area contributed by atoms with E-state index in [9.17, 15) is 14.9 Å². The van der Waals surface area contributed by atoms with E-state index in [0.29, 0.717) is 11.3 Å². The van der Waals surface area contributed by atoms with Gasteiger partial charge in [-0.25, -0.2) is 4.98 Å². The first kappa shape index (κ1) is 14.9. The standard InChI is InChI=1S/C15H11N3O4S/c1-22-13-7-10(18(20)21)3-5-11(13)17-15(19)9-2-4-12-14(6-9)23-8-16-12/h2-8H,1H3,(H,17,19). The first-order chi connectivity index (χ1) is 11.1. The number of anilines is 1. The summed E-state index contributed by atoms with van der Waals surface area (Å²) in [6.07, 6.45) is 0. The van der Waals surface area contributed by atoms with Gasteiger partial charge in [-0.15, -0.1) is 11.3 Å². The van der Waals surface area contributed by atoms with E-state index in [1.807, 2.05) is 0 Å². The number of hydrogen-bond acceptors (Lipinski definition) is 6. The zero-order valence-corrected chi connectivity index (χ0v) is 12.8. The zero-order chi connectivity index (χ0) is 16.4. The molecular formula is C15H11N3O4S. The Morgan fingerprint density at radius 1 is 1.30 bits per heavy atom. The van der Waals surface area contributed by atoms with E-state index < -0.39 is 4.92 Å². The fourth-order valence-corrected chi connectivity index (χ4v) is 2.80. The molecule has 0 saturated carbocycles. The molecule has 1 N–H and O–H groups in total. The van der Waals surface area contributed by atoms with Crippen molar-refractivity contribution >= 4 is 38.8 Å². The molecule has 23 heavy (non-hydrogen) atoms. The molecule has 0 fully saturated rings. The number of methoxy groups -OCH3 is 1. The molecule has 0 aliphatic heterocycles. The maximum absolute atomic E-state index is 12.4. The lowest BCUT2D eigenvalue weighted by atomic mass is 10.2. The van der Waals surface area contributed by atoms with Crippen LogP contribution in [0.15, 0.2) is 41.9 Å². The Morgan fingerprint density at radius 2 is 2.13 bits per heavy atom. The number of nitrogens with one attached hydrogen (secondary N) is 1. The van der Waals surface area contributed by atoms with Gasteiger partial charge in [0.05, 0.1) is 39.5 Å². The molecule has 0 aliphatic rings. The predicted molar refractivity (Wildman–Crippen MR) is 87.2 cm³/mol. The van der Waals surface area contributed by atoms with Crippen LogP contribution in [0.25, 0.3) is 10.2 Å². The topological polar surface area (TPSA) is 94.4 Å². The third-order valence-corrected chi connectivity index (χ3v) is 4.03. The maximum atomic E-state index is 12.4. The number of nitrogens with zero attached hydrogens (tertiary/aromatic N) is 2. The minimum atomic E-state index is -0.522. The Balaban J connectivity index is 1.88. The number of carbonyl (C=O) groups is 1. The van der Waals surface area contributed by atoms with Gasteiger partial charge in [0.1, 0.15) is 5.75 Å². The number of aromatic nitrogens is 1. The summed E-state index contributed by atoms with van der Waals surface area (Å²) in [4.78, 5) is 26.8. The fourth-order valence-electron chi connectivity index (χ4n) is 2.09. The summed E-state index contributed by atoms with van der Waals surface area (Å²) < 4.78 is 6.01. The van der Waals surface area contributed by atoms with Gasteiger partial charge in [-0.1, -0.05) is 0 Å². The molecule has 1 aromatic heterocycles. The lowest BCUT2D eigenvalue weighted by molar-refractivity contribution is -0.384. The second kappa shape index (κ2) is 6.01. The van der Waals surface area contributed by atoms with Crippen LogP contribution in [-0.4, -0.2) is 22.9 Å². The monoisotopic (exact) mass is 329 g/mol. The van der Waals surface area contributed by atoms with Gasteiger partial charge in [-0.3, -0.25) is 14.9 Å². The van der Waals surface area contributed by atoms with Gasteiger partial charge in [0.15, 0.2) is 0 Å². The fraction of sp³-hybridized carbons (Fsp3) is 0.0667. The summed E-state index contributed by atoms with van der Waals surface area (Å²) >= 11 is 1.45. The second-order valence-electron chi connectivity index (χ2n) is 4.63. The summed E-state index contributed by atoms with van der Waals surface area (Å²) in [5.41, 5.74) is 3.28. The number of benzene rings is 2. The average Bonchev–Trinajstić information content (AvgIpc) is 3.02. The van der Waals surface area contributed by atoms with E-state index >= 15 is 0 Å². The number of hydrogen-bond donors (Lipinski definition) is 1. The number of nitro groups is 1. The molecule has 1 heterocycles. The molecule has 0 spiro atoms. The molecule has 1 amide bonds. The van der Waals surface area contributed by atoms with Crippen LogP contribution in [0.3, 0.4) is 0 Å². The first-order valence-corrected chi connectivity index (χ1v) is 7.43. The second-order valence-corrected chi connectivity index (χ2v) is 5.52. The number of rotatable bonds is 4. The van der Waals surface area contributed by atoms with Gasteiger partial charge in [-0.05, 0) is 24.3 Å². The molecule has 0 bridgehead atoms. The molecule has 8 heteroatoms. The number of non-ortho nitro benzene ring substituents is 1. The van der Waals surface area contributed by atoms with Crippen LogP contribution in [0, 0.1) is 10.1 Å². The van der Waals surface area contributed by atoms with Crippen molar-refractivity contribution in [3.8, 4) is 5.75 Å². The number of carbonyl (C=O) groups excluding carboxylic acids is 1. The Kier molecular flexibility index (Phi) is 3.90. The Morgan fingerprint density at radius 3 is 2.87 bits per heavy atom. The molecule has 2 aromatic carbocycles. The lowest BCUT2D eigenvalue weighted by Gasteiger charge is -2.10. The van der Waals surface area contributed by atoms with Gasteiger partial charge in [0.2, 0.25) is 0 Å². The summed E-state index contributed by atoms with van der Waals surface area (Å²) in [5.74, 6) is -0.0983. The average molecular weight is 329 g/mol. The molecule has 0 unspecified atom stereocenters. The summed E-state index contributed by atoms with van der Waals surface area (Å²) in [6, 6.07) is 9.22. The summed E-state index contributed by atoms with van der Waals surface area (Å²) in [6.45, 7) is 0. The van der Waals surface area contributed by atoms with Crippen molar-refractivity contribution in [3.05, 3.63) is 57.6 Å². The van der Waals surface area contributed by atoms with Gasteiger partial charge in [-0.2, -0.15) is 0 Å². The van der Waals surface area contributed by atoms with Crippen LogP contribution < -0.4 is 10.1 Å². The molecule has 7 nitrogen and oxygen atoms in total. The van der Waals surface area contributed by atoms with Crippen LogP contribution in [0.4, 0.5) is 11.4 Å². The highest BCUT2D eigenvalue weighted by Gasteiger charge is 2.14. The largest absolute Gasteiger partial charge is 0.494 e. The zero-order valence-electron chi connectivity index (χ0n) is 12.0. The van der Waals surface area contributed by atoms with Crippen molar-refractivity contribution in [2.45, 2.75) is 0 Å². The Bertz CT molecular complexity index is 907. The molecule has 3 aromatic rings. The quantitative estimate of drug-likeness (QED) is 0.584. The molecular weight excluding hydrogens is 318 g/mol. The van der Waals surface area contributed by atoms with E-state index in [2.05, 4.69) is 10.3 Å². The summed E-state index contributed by atoms with van der Waals surface area (Å²) in [5, 5.41) is 13.5. The van der Waals surface area contributed by atoms with Gasteiger partial charge < -0.3 is 10.1 Å². The van der Waals surface area contributed by atoms with Crippen LogP contribution in [0.1, 0.15) is 10.4 Å². The highest BCUT2D eigenvalue weighted by molar-refractivity contribution is 7.16. The van der Waals surface area contributed by atoms with E-state index in [-0.39, 0.29) is 17.3 Å². The molecule has 0 radical (unpaired) electrons. The third-order valence-electron chi connectivity index (χ3n) is 3.24. The molecule has 3 rings (SSSR count). The molecule has 0 aliphatic carbocycles. The highest BCUT2D eigenvalue weighted by atomic mass is 32.1.